The maximum absolute atomic E-state index is 11.7. The minimum absolute atomic E-state index is 0.254. The van der Waals surface area contributed by atoms with Crippen LogP contribution in [-0.4, -0.2) is 71.4 Å². The Morgan fingerprint density at radius 2 is 1.68 bits per heavy atom. The van der Waals surface area contributed by atoms with E-state index < -0.39 is 11.6 Å². The van der Waals surface area contributed by atoms with Crippen LogP contribution in [0, 0.1) is 11.8 Å². The molecule has 2 atom stereocenters. The van der Waals surface area contributed by atoms with Crippen molar-refractivity contribution in [2.24, 2.45) is 11.8 Å². The molecule has 0 radical (unpaired) electrons. The molecule has 7 nitrogen and oxygen atoms in total. The molecular weight excluding hydrogens is 576 g/mol. The maximum atomic E-state index is 11.7. The molecule has 3 aliphatic rings. The molecule has 1 aliphatic carbocycles. The minimum atomic E-state index is -0.934. The van der Waals surface area contributed by atoms with Crippen molar-refractivity contribution < 1.29 is 24.8 Å². The van der Waals surface area contributed by atoms with Crippen molar-refractivity contribution in [3.63, 3.8) is 0 Å². The fourth-order valence-electron chi connectivity index (χ4n) is 7.16. The number of nitrogens with zero attached hydrogens (tertiary/aromatic N) is 2. The highest BCUT2D eigenvalue weighted by Crippen LogP contribution is 2.36. The smallest absolute Gasteiger partial charge is 0.335 e. The molecule has 1 saturated heterocycles. The van der Waals surface area contributed by atoms with Crippen LogP contribution in [-0.2, 0) is 17.9 Å². The van der Waals surface area contributed by atoms with E-state index in [1.54, 1.807) is 12.1 Å². The summed E-state index contributed by atoms with van der Waals surface area (Å²) in [6.07, 6.45) is 15.4. The highest BCUT2D eigenvalue weighted by Gasteiger charge is 2.39. The lowest BCUT2D eigenvalue weighted by Gasteiger charge is -2.42. The van der Waals surface area contributed by atoms with E-state index in [1.807, 2.05) is 0 Å². The van der Waals surface area contributed by atoms with Gasteiger partial charge in [-0.3, -0.25) is 0 Å². The zero-order chi connectivity index (χ0) is 31.4. The number of hydrogen-bond donors (Lipinski definition) is 2. The van der Waals surface area contributed by atoms with Gasteiger partial charge >= 0.3 is 5.97 Å². The molecule has 8 heteroatoms. The lowest BCUT2D eigenvalue weighted by atomic mass is 9.74. The summed E-state index contributed by atoms with van der Waals surface area (Å²) in [7, 11) is 2.19. The molecule has 2 aromatic rings. The molecule has 244 valence electrons. The molecule has 5 rings (SSSR count). The summed E-state index contributed by atoms with van der Waals surface area (Å²) in [5.41, 5.74) is 2.11. The van der Waals surface area contributed by atoms with Crippen LogP contribution in [0.1, 0.15) is 99.0 Å². The summed E-state index contributed by atoms with van der Waals surface area (Å²) in [6, 6.07) is 12.5. The van der Waals surface area contributed by atoms with Crippen molar-refractivity contribution in [1.82, 2.24) is 9.80 Å². The molecule has 0 amide bonds. The first kappa shape index (κ1) is 34.7. The van der Waals surface area contributed by atoms with E-state index in [1.165, 1.54) is 88.3 Å². The number of fused-ring (bicyclic) bond motifs is 1. The number of likely N-dealkylation sites (N-methyl/N-ethyl adjacent to an activating group) is 1. The van der Waals surface area contributed by atoms with E-state index in [2.05, 4.69) is 42.0 Å². The normalized spacial score (nSPS) is 24.2. The predicted molar refractivity (Wildman–Crippen MR) is 176 cm³/mol. The number of hydrogen-bond acceptors (Lipinski definition) is 6. The summed E-state index contributed by atoms with van der Waals surface area (Å²) in [6.45, 7) is 7.89. The van der Waals surface area contributed by atoms with Gasteiger partial charge in [0.1, 0.15) is 6.61 Å². The number of rotatable bonds is 7. The second kappa shape index (κ2) is 17.5. The van der Waals surface area contributed by atoms with Crippen molar-refractivity contribution >= 4 is 17.6 Å². The third-order valence-corrected chi connectivity index (χ3v) is 9.85. The standard InChI is InChI=1S/C29H48N2O3.C7H5ClO2/c1-29(32)23-30(2)17-11-19-31(21-27(29)25-13-7-5-3-4-6-8-14-25)18-10-9-12-24-15-16-26-22-33-34-28(26)20-24;8-6-3-1-5(2-4-6)7(9)10/h15-16,20,25,27,32H,3-14,17-19,21-23H2,1-2H3;1-4H,(H,9,10). The minimum Gasteiger partial charge on any atom is -0.478 e. The Kier molecular flexibility index (Phi) is 13.8. The number of β-amino-alcohol motifs (C(OH)–C–C–N with tert-alkyl or cyclic N) is 1. The number of aryl methyl sites for hydroxylation is 1. The van der Waals surface area contributed by atoms with Crippen LogP contribution < -0.4 is 4.89 Å². The number of carbonyl (C=O) groups is 1. The van der Waals surface area contributed by atoms with Gasteiger partial charge in [0.2, 0.25) is 0 Å². The number of halogens is 1. The summed E-state index contributed by atoms with van der Waals surface area (Å²) in [4.78, 5) is 25.7. The molecule has 1 saturated carbocycles. The van der Waals surface area contributed by atoms with E-state index in [-0.39, 0.29) is 5.56 Å². The van der Waals surface area contributed by atoms with Gasteiger partial charge in [0.15, 0.2) is 5.75 Å². The number of carboxylic acid groups (broad SMARTS) is 1. The average molecular weight is 629 g/mol. The summed E-state index contributed by atoms with van der Waals surface area (Å²) in [5.74, 6) is 0.967. The Morgan fingerprint density at radius 3 is 2.39 bits per heavy atom. The molecule has 0 aromatic heterocycles. The summed E-state index contributed by atoms with van der Waals surface area (Å²) < 4.78 is 0. The second-order valence-corrected chi connectivity index (χ2v) is 13.8. The first-order valence-electron chi connectivity index (χ1n) is 16.7. The summed E-state index contributed by atoms with van der Waals surface area (Å²) >= 11 is 5.52. The van der Waals surface area contributed by atoms with E-state index >= 15 is 0 Å². The van der Waals surface area contributed by atoms with Crippen molar-refractivity contribution in [3.8, 4) is 5.75 Å². The topological polar surface area (TPSA) is 82.5 Å². The Hall–Kier alpha value is -2.16. The lowest BCUT2D eigenvalue weighted by Crippen LogP contribution is -2.51. The lowest BCUT2D eigenvalue weighted by molar-refractivity contribution is -0.194. The van der Waals surface area contributed by atoms with Crippen LogP contribution in [0.5, 0.6) is 5.75 Å². The van der Waals surface area contributed by atoms with Crippen LogP contribution in [0.4, 0.5) is 0 Å². The predicted octanol–water partition coefficient (Wildman–Crippen LogP) is 7.63. The number of aliphatic hydroxyl groups is 1. The van der Waals surface area contributed by atoms with Crippen LogP contribution in [0.3, 0.4) is 0 Å². The molecule has 0 spiro atoms. The zero-order valence-corrected chi connectivity index (χ0v) is 27.6. The van der Waals surface area contributed by atoms with Crippen LogP contribution >= 0.6 is 11.6 Å². The van der Waals surface area contributed by atoms with E-state index in [4.69, 9.17) is 26.5 Å². The first-order valence-corrected chi connectivity index (χ1v) is 17.1. The summed E-state index contributed by atoms with van der Waals surface area (Å²) in [5, 5.41) is 20.7. The van der Waals surface area contributed by atoms with Crippen LogP contribution in [0.15, 0.2) is 42.5 Å². The van der Waals surface area contributed by atoms with Crippen molar-refractivity contribution in [2.75, 3.05) is 39.8 Å². The molecule has 2 unspecified atom stereocenters. The van der Waals surface area contributed by atoms with E-state index in [0.29, 0.717) is 23.5 Å². The van der Waals surface area contributed by atoms with Crippen molar-refractivity contribution in [3.05, 3.63) is 64.2 Å². The van der Waals surface area contributed by atoms with Gasteiger partial charge in [0.05, 0.1) is 11.2 Å². The first-order chi connectivity index (χ1) is 21.2. The zero-order valence-electron chi connectivity index (χ0n) is 26.8. The Balaban J connectivity index is 0.000000375. The van der Waals surface area contributed by atoms with Gasteiger partial charge in [-0.05, 0) is 101 Å². The highest BCUT2D eigenvalue weighted by atomic mass is 35.5. The Bertz CT molecular complexity index is 1150. The largest absolute Gasteiger partial charge is 0.478 e. The van der Waals surface area contributed by atoms with Crippen LogP contribution in [0.25, 0.3) is 0 Å². The van der Waals surface area contributed by atoms with E-state index in [0.717, 1.165) is 50.5 Å². The quantitative estimate of drug-likeness (QED) is 0.241. The van der Waals surface area contributed by atoms with Crippen molar-refractivity contribution in [2.45, 2.75) is 96.2 Å². The molecule has 2 aliphatic heterocycles. The molecule has 2 N–H and O–H groups in total. The number of benzene rings is 2. The monoisotopic (exact) mass is 628 g/mol. The van der Waals surface area contributed by atoms with Gasteiger partial charge in [-0.2, -0.15) is 4.89 Å². The van der Waals surface area contributed by atoms with Crippen LogP contribution in [0.2, 0.25) is 5.02 Å². The second-order valence-electron chi connectivity index (χ2n) is 13.4. The van der Waals surface area contributed by atoms with E-state index in [9.17, 15) is 9.90 Å². The van der Waals surface area contributed by atoms with Crippen molar-refractivity contribution in [1.29, 1.82) is 0 Å². The number of carboxylic acids is 1. The molecule has 0 bridgehead atoms. The van der Waals surface area contributed by atoms with Gasteiger partial charge in [0.25, 0.3) is 0 Å². The number of unbranched alkanes of at least 4 members (excludes halogenated alkanes) is 1. The third kappa shape index (κ3) is 11.0. The fraction of sp³-hybridized carbons (Fsp3) is 0.639. The maximum Gasteiger partial charge on any atom is 0.335 e. The fourth-order valence-corrected chi connectivity index (χ4v) is 7.29. The SMILES string of the molecule is CN1CCCN(CCCCc2ccc3c(c2)OOC3)CC(C2CCCCCCCC2)C(C)(O)C1.O=C(O)c1ccc(Cl)cc1. The molecule has 44 heavy (non-hydrogen) atoms. The van der Waals surface area contributed by atoms with Gasteiger partial charge in [-0.15, -0.1) is 0 Å². The third-order valence-electron chi connectivity index (χ3n) is 9.60. The molecule has 2 heterocycles. The van der Waals surface area contributed by atoms with Gasteiger partial charge in [-0.1, -0.05) is 75.1 Å². The van der Waals surface area contributed by atoms with Gasteiger partial charge in [-0.25, -0.2) is 4.79 Å². The number of aromatic carboxylic acids is 1. The van der Waals surface area contributed by atoms with Gasteiger partial charge < -0.3 is 24.9 Å². The Morgan fingerprint density at radius 1 is 0.977 bits per heavy atom. The highest BCUT2D eigenvalue weighted by molar-refractivity contribution is 6.30. The molecule has 2 aromatic carbocycles. The Labute approximate surface area is 269 Å². The van der Waals surface area contributed by atoms with Gasteiger partial charge in [0, 0.05) is 29.6 Å². The molecular formula is C36H53ClN2O5. The molecule has 2 fully saturated rings. The average Bonchev–Trinajstić information content (AvgIpc) is 3.51.